The number of nitrogens with zero attached hydrogens (tertiary/aromatic N) is 2. The van der Waals surface area contributed by atoms with Crippen LogP contribution in [0.1, 0.15) is 0 Å². The van der Waals surface area contributed by atoms with Crippen LogP contribution in [0.4, 0.5) is 5.82 Å². The van der Waals surface area contributed by atoms with Crippen molar-refractivity contribution in [2.24, 2.45) is 0 Å². The molecule has 0 bridgehead atoms. The molecule has 0 unspecified atom stereocenters. The molecule has 30 heavy (non-hydrogen) atoms. The van der Waals surface area contributed by atoms with Crippen molar-refractivity contribution < 1.29 is 14.2 Å². The average Bonchev–Trinajstić information content (AvgIpc) is 2.81. The van der Waals surface area contributed by atoms with Crippen molar-refractivity contribution in [1.82, 2.24) is 9.97 Å². The van der Waals surface area contributed by atoms with E-state index in [1.165, 1.54) is 0 Å². The number of fused-ring (bicyclic) bond motifs is 1. The van der Waals surface area contributed by atoms with Gasteiger partial charge in [0.1, 0.15) is 18.2 Å². The second kappa shape index (κ2) is 9.13. The molecule has 1 N–H and O–H groups in total. The first-order valence-electron chi connectivity index (χ1n) is 9.69. The Morgan fingerprint density at radius 2 is 1.47 bits per heavy atom. The Balaban J connectivity index is 1.66. The van der Waals surface area contributed by atoms with Gasteiger partial charge in [-0.15, -0.1) is 0 Å². The van der Waals surface area contributed by atoms with Crippen molar-refractivity contribution >= 4 is 16.7 Å². The Hall–Kier alpha value is -3.80. The standard InChI is InChI=1S/C24H23N3O3/c1-28-21-15-19-20(16-22(21)29-2)26-23(17-9-5-3-6-10-17)27-24(19)25-13-14-30-18-11-7-4-8-12-18/h3-12,15-16H,13-14H2,1-2H3,(H,25,26,27). The number of rotatable bonds is 8. The number of benzene rings is 3. The monoisotopic (exact) mass is 401 g/mol. The van der Waals surface area contributed by atoms with Crippen LogP contribution >= 0.6 is 0 Å². The van der Waals surface area contributed by atoms with Gasteiger partial charge in [-0.3, -0.25) is 0 Å². The minimum Gasteiger partial charge on any atom is -0.493 e. The highest BCUT2D eigenvalue weighted by molar-refractivity contribution is 5.93. The van der Waals surface area contributed by atoms with E-state index in [4.69, 9.17) is 24.2 Å². The minimum atomic E-state index is 0.503. The average molecular weight is 401 g/mol. The Morgan fingerprint density at radius 1 is 0.800 bits per heavy atom. The topological polar surface area (TPSA) is 65.5 Å². The lowest BCUT2D eigenvalue weighted by atomic mass is 10.1. The Kier molecular flexibility index (Phi) is 5.94. The largest absolute Gasteiger partial charge is 0.493 e. The zero-order chi connectivity index (χ0) is 20.8. The molecule has 1 heterocycles. The number of para-hydroxylation sites is 1. The first kappa shape index (κ1) is 19.5. The predicted molar refractivity (Wildman–Crippen MR) is 119 cm³/mol. The number of nitrogens with one attached hydrogen (secondary N) is 1. The number of methoxy groups -OCH3 is 2. The summed E-state index contributed by atoms with van der Waals surface area (Å²) >= 11 is 0. The lowest BCUT2D eigenvalue weighted by Gasteiger charge is -2.14. The van der Waals surface area contributed by atoms with Gasteiger partial charge in [0.05, 0.1) is 26.3 Å². The van der Waals surface area contributed by atoms with Crippen LogP contribution in [-0.4, -0.2) is 37.3 Å². The van der Waals surface area contributed by atoms with Gasteiger partial charge in [-0.2, -0.15) is 0 Å². The van der Waals surface area contributed by atoms with Crippen LogP contribution in [0.15, 0.2) is 72.8 Å². The molecule has 0 spiro atoms. The van der Waals surface area contributed by atoms with Gasteiger partial charge < -0.3 is 19.5 Å². The van der Waals surface area contributed by atoms with E-state index in [0.29, 0.717) is 30.5 Å². The third kappa shape index (κ3) is 4.27. The number of aromatic nitrogens is 2. The molecule has 0 atom stereocenters. The summed E-state index contributed by atoms with van der Waals surface area (Å²) in [6.07, 6.45) is 0. The van der Waals surface area contributed by atoms with Gasteiger partial charge >= 0.3 is 0 Å². The molecule has 152 valence electrons. The summed E-state index contributed by atoms with van der Waals surface area (Å²) in [7, 11) is 3.23. The fraction of sp³-hybridized carbons (Fsp3) is 0.167. The van der Waals surface area contributed by atoms with E-state index in [1.807, 2.05) is 72.8 Å². The van der Waals surface area contributed by atoms with Crippen molar-refractivity contribution in [3.63, 3.8) is 0 Å². The maximum Gasteiger partial charge on any atom is 0.162 e. The van der Waals surface area contributed by atoms with E-state index in [2.05, 4.69) is 5.32 Å². The summed E-state index contributed by atoms with van der Waals surface area (Å²) in [5.41, 5.74) is 1.71. The summed E-state index contributed by atoms with van der Waals surface area (Å²) in [5.74, 6) is 3.45. The number of ether oxygens (including phenoxy) is 3. The van der Waals surface area contributed by atoms with Crippen molar-refractivity contribution in [3.05, 3.63) is 72.8 Å². The molecule has 4 rings (SSSR count). The molecule has 0 saturated carbocycles. The van der Waals surface area contributed by atoms with Gasteiger partial charge in [-0.05, 0) is 18.2 Å². The van der Waals surface area contributed by atoms with Crippen LogP contribution in [0, 0.1) is 0 Å². The van der Waals surface area contributed by atoms with Crippen LogP contribution < -0.4 is 19.5 Å². The first-order chi connectivity index (χ1) is 14.8. The third-order valence-electron chi connectivity index (χ3n) is 4.64. The maximum atomic E-state index is 5.79. The third-order valence-corrected chi connectivity index (χ3v) is 4.64. The molecule has 1 aromatic heterocycles. The molecular weight excluding hydrogens is 378 g/mol. The summed E-state index contributed by atoms with van der Waals surface area (Å²) in [4.78, 5) is 9.52. The minimum absolute atomic E-state index is 0.503. The smallest absolute Gasteiger partial charge is 0.162 e. The van der Waals surface area contributed by atoms with E-state index in [1.54, 1.807) is 14.2 Å². The fourth-order valence-electron chi connectivity index (χ4n) is 3.16. The van der Waals surface area contributed by atoms with E-state index in [9.17, 15) is 0 Å². The quantitative estimate of drug-likeness (QED) is 0.428. The van der Waals surface area contributed by atoms with E-state index in [-0.39, 0.29) is 0 Å². The van der Waals surface area contributed by atoms with E-state index in [0.717, 1.165) is 28.0 Å². The Bertz CT molecular complexity index is 1120. The summed E-state index contributed by atoms with van der Waals surface area (Å²) in [6.45, 7) is 1.09. The van der Waals surface area contributed by atoms with Crippen molar-refractivity contribution in [2.75, 3.05) is 32.7 Å². The van der Waals surface area contributed by atoms with Crippen LogP contribution in [0.5, 0.6) is 17.2 Å². The second-order valence-electron chi connectivity index (χ2n) is 6.57. The highest BCUT2D eigenvalue weighted by atomic mass is 16.5. The number of hydrogen-bond acceptors (Lipinski definition) is 6. The van der Waals surface area contributed by atoms with Gasteiger partial charge in [-0.1, -0.05) is 48.5 Å². The maximum absolute atomic E-state index is 5.79. The van der Waals surface area contributed by atoms with Crippen molar-refractivity contribution in [2.45, 2.75) is 0 Å². The summed E-state index contributed by atoms with van der Waals surface area (Å²) in [6, 6.07) is 23.4. The Morgan fingerprint density at radius 3 is 2.17 bits per heavy atom. The SMILES string of the molecule is COc1cc2nc(-c3ccccc3)nc(NCCOc3ccccc3)c2cc1OC. The molecule has 3 aromatic carbocycles. The van der Waals surface area contributed by atoms with Gasteiger partial charge in [-0.25, -0.2) is 9.97 Å². The van der Waals surface area contributed by atoms with Gasteiger partial charge in [0, 0.05) is 17.0 Å². The number of anilines is 1. The number of hydrogen-bond donors (Lipinski definition) is 1. The molecular formula is C24H23N3O3. The molecule has 0 saturated heterocycles. The highest BCUT2D eigenvalue weighted by Crippen LogP contribution is 2.35. The molecule has 4 aromatic rings. The van der Waals surface area contributed by atoms with Crippen molar-refractivity contribution in [3.8, 4) is 28.6 Å². The van der Waals surface area contributed by atoms with Crippen LogP contribution in [0.3, 0.4) is 0 Å². The Labute approximate surface area is 175 Å². The summed E-state index contributed by atoms with van der Waals surface area (Å²) < 4.78 is 16.7. The van der Waals surface area contributed by atoms with Crippen LogP contribution in [0.25, 0.3) is 22.3 Å². The van der Waals surface area contributed by atoms with Gasteiger partial charge in [0.2, 0.25) is 0 Å². The van der Waals surface area contributed by atoms with Gasteiger partial charge in [0.15, 0.2) is 17.3 Å². The van der Waals surface area contributed by atoms with E-state index >= 15 is 0 Å². The van der Waals surface area contributed by atoms with Crippen LogP contribution in [0.2, 0.25) is 0 Å². The molecule has 0 aliphatic rings. The molecule has 0 radical (unpaired) electrons. The zero-order valence-electron chi connectivity index (χ0n) is 17.0. The highest BCUT2D eigenvalue weighted by Gasteiger charge is 2.14. The fourth-order valence-corrected chi connectivity index (χ4v) is 3.16. The first-order valence-corrected chi connectivity index (χ1v) is 9.69. The normalized spacial score (nSPS) is 10.6. The second-order valence-corrected chi connectivity index (χ2v) is 6.57. The van der Waals surface area contributed by atoms with Crippen molar-refractivity contribution in [1.29, 1.82) is 0 Å². The molecule has 6 nitrogen and oxygen atoms in total. The van der Waals surface area contributed by atoms with Gasteiger partial charge in [0.25, 0.3) is 0 Å². The lowest BCUT2D eigenvalue weighted by Crippen LogP contribution is -2.13. The van der Waals surface area contributed by atoms with Crippen LogP contribution in [-0.2, 0) is 0 Å². The van der Waals surface area contributed by atoms with E-state index < -0.39 is 0 Å². The zero-order valence-corrected chi connectivity index (χ0v) is 17.0. The molecule has 0 aliphatic carbocycles. The lowest BCUT2D eigenvalue weighted by molar-refractivity contribution is 0.333. The molecule has 0 fully saturated rings. The molecule has 0 amide bonds. The molecule has 6 heteroatoms. The molecule has 0 aliphatic heterocycles. The predicted octanol–water partition coefficient (Wildman–Crippen LogP) is 4.80. The summed E-state index contributed by atoms with van der Waals surface area (Å²) in [5, 5.41) is 4.24.